The van der Waals surface area contributed by atoms with Crippen molar-refractivity contribution < 1.29 is 23.8 Å². The first-order valence-corrected chi connectivity index (χ1v) is 9.09. The molecular formula is C20H22N2O5. The van der Waals surface area contributed by atoms with Gasteiger partial charge in [0, 0.05) is 18.3 Å². The number of anilines is 1. The second-order valence-electron chi connectivity index (χ2n) is 7.02. The van der Waals surface area contributed by atoms with Gasteiger partial charge in [-0.3, -0.25) is 4.79 Å². The van der Waals surface area contributed by atoms with Crippen LogP contribution in [0.25, 0.3) is 0 Å². The lowest BCUT2D eigenvalue weighted by atomic mass is 10.1. The van der Waals surface area contributed by atoms with E-state index in [0.717, 1.165) is 12.1 Å². The zero-order chi connectivity index (χ0) is 19.0. The van der Waals surface area contributed by atoms with Gasteiger partial charge in [-0.2, -0.15) is 0 Å². The highest BCUT2D eigenvalue weighted by Crippen LogP contribution is 2.33. The molecule has 7 heteroatoms. The summed E-state index contributed by atoms with van der Waals surface area (Å²) in [5.41, 5.74) is 2.94. The number of ether oxygens (including phenoxy) is 1. The van der Waals surface area contributed by atoms with E-state index in [9.17, 15) is 9.59 Å². The van der Waals surface area contributed by atoms with E-state index < -0.39 is 12.1 Å². The highest BCUT2D eigenvalue weighted by atomic mass is 16.5. The summed E-state index contributed by atoms with van der Waals surface area (Å²) in [6, 6.07) is 10.2. The van der Waals surface area contributed by atoms with Crippen molar-refractivity contribution in [3.8, 4) is 0 Å². The standard InChI is InChI=1S/C20H22N2O5/c1-13-10-14-4-2-3-5-16(14)22(13)12-17-15(6-8-26-17)19(23)21-7-9-27-18(11-21)20(24)25/h2-6,8,13,18H,7,9-12H2,1H3,(H,24,25)/t13-,18+/m1/s1. The van der Waals surface area contributed by atoms with E-state index in [0.29, 0.717) is 30.5 Å². The van der Waals surface area contributed by atoms with Crippen LogP contribution in [0.3, 0.4) is 0 Å². The molecule has 2 aromatic rings. The van der Waals surface area contributed by atoms with Gasteiger partial charge in [0.1, 0.15) is 5.76 Å². The van der Waals surface area contributed by atoms with Crippen LogP contribution in [0.2, 0.25) is 0 Å². The van der Waals surface area contributed by atoms with Crippen LogP contribution in [0.5, 0.6) is 0 Å². The number of nitrogens with zero attached hydrogens (tertiary/aromatic N) is 2. The molecule has 0 radical (unpaired) electrons. The average molecular weight is 370 g/mol. The van der Waals surface area contributed by atoms with Gasteiger partial charge in [-0.15, -0.1) is 0 Å². The van der Waals surface area contributed by atoms with Crippen molar-refractivity contribution in [3.05, 3.63) is 53.5 Å². The largest absolute Gasteiger partial charge is 0.479 e. The zero-order valence-corrected chi connectivity index (χ0v) is 15.1. The molecule has 0 bridgehead atoms. The minimum atomic E-state index is -1.05. The maximum atomic E-state index is 12.9. The van der Waals surface area contributed by atoms with Gasteiger partial charge in [0.15, 0.2) is 6.10 Å². The van der Waals surface area contributed by atoms with Crippen LogP contribution in [0.15, 0.2) is 41.0 Å². The lowest BCUT2D eigenvalue weighted by molar-refractivity contribution is -0.154. The number of para-hydroxylation sites is 1. The molecule has 4 rings (SSSR count). The maximum Gasteiger partial charge on any atom is 0.334 e. The van der Waals surface area contributed by atoms with Gasteiger partial charge in [0.2, 0.25) is 0 Å². The first-order valence-electron chi connectivity index (χ1n) is 9.09. The lowest BCUT2D eigenvalue weighted by Gasteiger charge is -2.31. The fourth-order valence-electron chi connectivity index (χ4n) is 3.83. The van der Waals surface area contributed by atoms with Crippen molar-refractivity contribution in [1.29, 1.82) is 0 Å². The summed E-state index contributed by atoms with van der Waals surface area (Å²) in [6.07, 6.45) is 1.50. The number of carbonyl (C=O) groups excluding carboxylic acids is 1. The minimum absolute atomic E-state index is 0.0434. The number of morpholine rings is 1. The molecule has 0 spiro atoms. The van der Waals surface area contributed by atoms with Crippen molar-refractivity contribution in [2.75, 3.05) is 24.6 Å². The Morgan fingerprint density at radius 2 is 2.07 bits per heavy atom. The van der Waals surface area contributed by atoms with Gasteiger partial charge in [0.05, 0.1) is 31.5 Å². The Morgan fingerprint density at radius 3 is 2.89 bits per heavy atom. The van der Waals surface area contributed by atoms with E-state index in [1.807, 2.05) is 12.1 Å². The smallest absolute Gasteiger partial charge is 0.334 e. The summed E-state index contributed by atoms with van der Waals surface area (Å²) in [5, 5.41) is 9.15. The Kier molecular flexibility index (Phi) is 4.61. The molecule has 0 aliphatic carbocycles. The van der Waals surface area contributed by atoms with E-state index in [2.05, 4.69) is 24.0 Å². The third-order valence-corrected chi connectivity index (χ3v) is 5.27. The van der Waals surface area contributed by atoms with E-state index in [4.69, 9.17) is 14.3 Å². The molecule has 7 nitrogen and oxygen atoms in total. The number of rotatable bonds is 4. The number of hydrogen-bond donors (Lipinski definition) is 1. The van der Waals surface area contributed by atoms with Crippen LogP contribution in [0.4, 0.5) is 5.69 Å². The third-order valence-electron chi connectivity index (χ3n) is 5.27. The highest BCUT2D eigenvalue weighted by Gasteiger charge is 2.32. The summed E-state index contributed by atoms with van der Waals surface area (Å²) >= 11 is 0. The first-order chi connectivity index (χ1) is 13.0. The zero-order valence-electron chi connectivity index (χ0n) is 15.1. The molecule has 2 aliphatic heterocycles. The fraction of sp³-hybridized carbons (Fsp3) is 0.400. The van der Waals surface area contributed by atoms with E-state index >= 15 is 0 Å². The average Bonchev–Trinajstić information content (AvgIpc) is 3.26. The number of aliphatic carboxylic acids is 1. The van der Waals surface area contributed by atoms with Crippen LogP contribution in [-0.4, -0.2) is 53.7 Å². The normalized spacial score (nSPS) is 22.0. The Hall–Kier alpha value is -2.80. The number of carbonyl (C=O) groups is 2. The monoisotopic (exact) mass is 370 g/mol. The maximum absolute atomic E-state index is 12.9. The summed E-state index contributed by atoms with van der Waals surface area (Å²) in [6.45, 7) is 3.28. The Labute approximate surface area is 157 Å². The quantitative estimate of drug-likeness (QED) is 0.888. The van der Waals surface area contributed by atoms with Crippen LogP contribution < -0.4 is 4.90 Å². The molecule has 0 saturated carbocycles. The number of hydrogen-bond acceptors (Lipinski definition) is 5. The van der Waals surface area contributed by atoms with Gasteiger partial charge < -0.3 is 24.1 Å². The topological polar surface area (TPSA) is 83.2 Å². The molecule has 1 amide bonds. The second kappa shape index (κ2) is 7.08. The molecule has 2 atom stereocenters. The fourth-order valence-corrected chi connectivity index (χ4v) is 3.83. The third kappa shape index (κ3) is 3.30. The van der Waals surface area contributed by atoms with Crippen molar-refractivity contribution >= 4 is 17.6 Å². The highest BCUT2D eigenvalue weighted by molar-refractivity contribution is 5.95. The number of carboxylic acid groups (broad SMARTS) is 1. The summed E-state index contributed by atoms with van der Waals surface area (Å²) in [7, 11) is 0. The summed E-state index contributed by atoms with van der Waals surface area (Å²) < 4.78 is 10.8. The number of benzene rings is 1. The molecule has 1 aromatic heterocycles. The Balaban J connectivity index is 1.53. The Morgan fingerprint density at radius 1 is 1.26 bits per heavy atom. The predicted molar refractivity (Wildman–Crippen MR) is 97.8 cm³/mol. The van der Waals surface area contributed by atoms with Crippen LogP contribution >= 0.6 is 0 Å². The molecule has 1 N–H and O–H groups in total. The van der Waals surface area contributed by atoms with E-state index in [1.165, 1.54) is 16.7 Å². The van der Waals surface area contributed by atoms with Crippen LogP contribution in [0.1, 0.15) is 28.6 Å². The van der Waals surface area contributed by atoms with Crippen molar-refractivity contribution in [1.82, 2.24) is 4.90 Å². The first kappa shape index (κ1) is 17.6. The molecule has 2 aliphatic rings. The molecule has 1 aromatic carbocycles. The molecule has 27 heavy (non-hydrogen) atoms. The van der Waals surface area contributed by atoms with Crippen molar-refractivity contribution in [3.63, 3.8) is 0 Å². The molecule has 142 valence electrons. The molecular weight excluding hydrogens is 348 g/mol. The lowest BCUT2D eigenvalue weighted by Crippen LogP contribution is -2.48. The van der Waals surface area contributed by atoms with Crippen molar-refractivity contribution in [2.45, 2.75) is 32.0 Å². The SMILES string of the molecule is C[C@@H]1Cc2ccccc2N1Cc1occc1C(=O)N1CCO[C@H](C(=O)O)C1. The number of amides is 1. The van der Waals surface area contributed by atoms with Gasteiger partial charge >= 0.3 is 5.97 Å². The Bertz CT molecular complexity index is 862. The van der Waals surface area contributed by atoms with Crippen LogP contribution in [-0.2, 0) is 22.5 Å². The van der Waals surface area contributed by atoms with E-state index in [-0.39, 0.29) is 19.1 Å². The van der Waals surface area contributed by atoms with Gasteiger partial charge in [-0.1, -0.05) is 18.2 Å². The molecule has 0 unspecified atom stereocenters. The number of furan rings is 1. The molecule has 1 saturated heterocycles. The summed E-state index contributed by atoms with van der Waals surface area (Å²) in [5.74, 6) is -0.669. The van der Waals surface area contributed by atoms with Gasteiger partial charge in [-0.05, 0) is 31.0 Å². The minimum Gasteiger partial charge on any atom is -0.479 e. The summed E-state index contributed by atoms with van der Waals surface area (Å²) in [4.78, 5) is 27.9. The number of carboxylic acids is 1. The van der Waals surface area contributed by atoms with E-state index in [1.54, 1.807) is 6.07 Å². The van der Waals surface area contributed by atoms with Gasteiger partial charge in [0.25, 0.3) is 5.91 Å². The molecule has 1 fully saturated rings. The molecule has 3 heterocycles. The van der Waals surface area contributed by atoms with Crippen LogP contribution in [0, 0.1) is 0 Å². The predicted octanol–water partition coefficient (Wildman–Crippen LogP) is 2.16. The second-order valence-corrected chi connectivity index (χ2v) is 7.02. The van der Waals surface area contributed by atoms with Gasteiger partial charge in [-0.25, -0.2) is 4.79 Å². The van der Waals surface area contributed by atoms with Crippen molar-refractivity contribution in [2.24, 2.45) is 0 Å². The number of fused-ring (bicyclic) bond motifs is 1.